The highest BCUT2D eigenvalue weighted by molar-refractivity contribution is 7.99. The van der Waals surface area contributed by atoms with E-state index in [1.807, 2.05) is 47.4 Å². The monoisotopic (exact) mass is 312 g/mol. The lowest BCUT2D eigenvalue weighted by Gasteiger charge is -2.31. The fourth-order valence-electron chi connectivity index (χ4n) is 2.71. The number of carbonyl (C=O) groups is 1. The van der Waals surface area contributed by atoms with E-state index < -0.39 is 0 Å². The topological polar surface area (TPSA) is 46.3 Å². The predicted octanol–water partition coefficient (Wildman–Crippen LogP) is 3.40. The molecule has 2 aromatic rings. The molecular formula is C18H20N2OS. The third-order valence-electron chi connectivity index (χ3n) is 3.83. The summed E-state index contributed by atoms with van der Waals surface area (Å²) in [4.78, 5) is 16.8. The van der Waals surface area contributed by atoms with Gasteiger partial charge in [0.1, 0.15) is 0 Å². The highest BCUT2D eigenvalue weighted by Crippen LogP contribution is 2.31. The van der Waals surface area contributed by atoms with E-state index in [4.69, 9.17) is 5.73 Å². The quantitative estimate of drug-likeness (QED) is 0.945. The van der Waals surface area contributed by atoms with Gasteiger partial charge in [-0.1, -0.05) is 42.1 Å². The molecule has 2 N–H and O–H groups in total. The number of hydrogen-bond acceptors (Lipinski definition) is 3. The summed E-state index contributed by atoms with van der Waals surface area (Å²) in [5, 5.41) is 0. The zero-order chi connectivity index (χ0) is 15.4. The van der Waals surface area contributed by atoms with Gasteiger partial charge in [0.05, 0.1) is 5.56 Å². The number of likely N-dealkylation sites (tertiary alicyclic amines) is 1. The maximum absolute atomic E-state index is 12.8. The Balaban J connectivity index is 1.83. The maximum atomic E-state index is 12.8. The molecule has 22 heavy (non-hydrogen) atoms. The third kappa shape index (κ3) is 3.51. The Kier molecular flexibility index (Phi) is 4.80. The molecule has 0 saturated carbocycles. The van der Waals surface area contributed by atoms with Gasteiger partial charge in [-0.05, 0) is 37.1 Å². The molecule has 4 heteroatoms. The van der Waals surface area contributed by atoms with Crippen LogP contribution in [0, 0.1) is 0 Å². The SMILES string of the molecule is NC1CCCN(C(=O)c2ccccc2Sc2ccccc2)C1. The van der Waals surface area contributed by atoms with Crippen LogP contribution < -0.4 is 5.73 Å². The minimum atomic E-state index is 0.0918. The molecule has 0 spiro atoms. The first kappa shape index (κ1) is 15.1. The Morgan fingerprint density at radius 2 is 1.82 bits per heavy atom. The van der Waals surface area contributed by atoms with Gasteiger partial charge in [0.2, 0.25) is 0 Å². The normalized spacial score (nSPS) is 18.2. The van der Waals surface area contributed by atoms with Gasteiger partial charge in [0.15, 0.2) is 0 Å². The Bertz CT molecular complexity index is 645. The molecule has 1 unspecified atom stereocenters. The molecule has 1 heterocycles. The number of rotatable bonds is 3. The molecular weight excluding hydrogens is 292 g/mol. The summed E-state index contributed by atoms with van der Waals surface area (Å²) in [5.74, 6) is 0.0918. The van der Waals surface area contributed by atoms with Crippen LogP contribution in [0.5, 0.6) is 0 Å². The first-order valence-electron chi connectivity index (χ1n) is 7.61. The van der Waals surface area contributed by atoms with Crippen molar-refractivity contribution in [3.63, 3.8) is 0 Å². The van der Waals surface area contributed by atoms with Crippen LogP contribution in [0.1, 0.15) is 23.2 Å². The molecule has 2 aromatic carbocycles. The summed E-state index contributed by atoms with van der Waals surface area (Å²) in [6, 6.07) is 18.1. The summed E-state index contributed by atoms with van der Waals surface area (Å²) in [5.41, 5.74) is 6.77. The van der Waals surface area contributed by atoms with E-state index in [0.29, 0.717) is 6.54 Å². The van der Waals surface area contributed by atoms with Crippen molar-refractivity contribution in [2.24, 2.45) is 5.73 Å². The number of amides is 1. The molecule has 1 aliphatic heterocycles. The second-order valence-electron chi connectivity index (χ2n) is 5.56. The van der Waals surface area contributed by atoms with Crippen LogP contribution in [-0.2, 0) is 0 Å². The molecule has 1 fully saturated rings. The summed E-state index contributed by atoms with van der Waals surface area (Å²) in [6.45, 7) is 1.46. The Morgan fingerprint density at radius 3 is 2.59 bits per heavy atom. The highest BCUT2D eigenvalue weighted by Gasteiger charge is 2.24. The van der Waals surface area contributed by atoms with Crippen molar-refractivity contribution in [3.05, 3.63) is 60.2 Å². The lowest BCUT2D eigenvalue weighted by Crippen LogP contribution is -2.45. The van der Waals surface area contributed by atoms with Crippen LogP contribution in [0.4, 0.5) is 0 Å². The molecule has 3 nitrogen and oxygen atoms in total. The van der Waals surface area contributed by atoms with Crippen molar-refractivity contribution in [1.82, 2.24) is 4.90 Å². The van der Waals surface area contributed by atoms with Gasteiger partial charge in [-0.25, -0.2) is 0 Å². The molecule has 0 bridgehead atoms. The molecule has 0 radical (unpaired) electrons. The van der Waals surface area contributed by atoms with Crippen molar-refractivity contribution in [2.45, 2.75) is 28.7 Å². The van der Waals surface area contributed by atoms with Gasteiger partial charge in [0, 0.05) is 28.9 Å². The molecule has 0 aromatic heterocycles. The minimum absolute atomic E-state index is 0.0918. The fourth-order valence-corrected chi connectivity index (χ4v) is 3.67. The molecule has 1 atom stereocenters. The number of nitrogens with two attached hydrogens (primary N) is 1. The molecule has 1 saturated heterocycles. The van der Waals surface area contributed by atoms with E-state index in [1.165, 1.54) is 0 Å². The van der Waals surface area contributed by atoms with Crippen LogP contribution in [0.25, 0.3) is 0 Å². The summed E-state index contributed by atoms with van der Waals surface area (Å²) in [7, 11) is 0. The highest BCUT2D eigenvalue weighted by atomic mass is 32.2. The smallest absolute Gasteiger partial charge is 0.255 e. The first-order chi connectivity index (χ1) is 10.7. The molecule has 114 valence electrons. The third-order valence-corrected chi connectivity index (χ3v) is 4.92. The number of piperidine rings is 1. The van der Waals surface area contributed by atoms with E-state index in [2.05, 4.69) is 12.1 Å². The zero-order valence-electron chi connectivity index (χ0n) is 12.4. The fraction of sp³-hybridized carbons (Fsp3) is 0.278. The van der Waals surface area contributed by atoms with Gasteiger partial charge in [-0.15, -0.1) is 0 Å². The minimum Gasteiger partial charge on any atom is -0.337 e. The van der Waals surface area contributed by atoms with Crippen LogP contribution >= 0.6 is 11.8 Å². The average Bonchev–Trinajstić information content (AvgIpc) is 2.56. The standard InChI is InChI=1S/C18H20N2OS/c19-14-7-6-12-20(13-14)18(21)16-10-4-5-11-17(16)22-15-8-2-1-3-9-15/h1-5,8-11,14H,6-7,12-13,19H2. The van der Waals surface area contributed by atoms with E-state index in [-0.39, 0.29) is 11.9 Å². The van der Waals surface area contributed by atoms with E-state index >= 15 is 0 Å². The zero-order valence-corrected chi connectivity index (χ0v) is 13.3. The van der Waals surface area contributed by atoms with Crippen molar-refractivity contribution in [3.8, 4) is 0 Å². The lowest BCUT2D eigenvalue weighted by molar-refractivity contribution is 0.0705. The second kappa shape index (κ2) is 6.99. The maximum Gasteiger partial charge on any atom is 0.255 e. The molecule has 1 aliphatic rings. The van der Waals surface area contributed by atoms with Gasteiger partial charge >= 0.3 is 0 Å². The van der Waals surface area contributed by atoms with Gasteiger partial charge in [0.25, 0.3) is 5.91 Å². The van der Waals surface area contributed by atoms with E-state index in [9.17, 15) is 4.79 Å². The van der Waals surface area contributed by atoms with Crippen LogP contribution in [0.15, 0.2) is 64.4 Å². The number of nitrogens with zero attached hydrogens (tertiary/aromatic N) is 1. The number of hydrogen-bond donors (Lipinski definition) is 1. The Morgan fingerprint density at radius 1 is 1.09 bits per heavy atom. The second-order valence-corrected chi connectivity index (χ2v) is 6.68. The Labute approximate surface area is 135 Å². The summed E-state index contributed by atoms with van der Waals surface area (Å²) >= 11 is 1.63. The van der Waals surface area contributed by atoms with Crippen molar-refractivity contribution in [1.29, 1.82) is 0 Å². The van der Waals surface area contributed by atoms with Crippen LogP contribution in [-0.4, -0.2) is 29.9 Å². The van der Waals surface area contributed by atoms with Gasteiger partial charge in [-0.2, -0.15) is 0 Å². The summed E-state index contributed by atoms with van der Waals surface area (Å²) < 4.78 is 0. The Hall–Kier alpha value is -1.78. The number of carbonyl (C=O) groups excluding carboxylic acids is 1. The average molecular weight is 312 g/mol. The van der Waals surface area contributed by atoms with Crippen molar-refractivity contribution in [2.75, 3.05) is 13.1 Å². The van der Waals surface area contributed by atoms with Crippen molar-refractivity contribution < 1.29 is 4.79 Å². The molecule has 1 amide bonds. The van der Waals surface area contributed by atoms with Crippen LogP contribution in [0.3, 0.4) is 0 Å². The van der Waals surface area contributed by atoms with Gasteiger partial charge in [-0.3, -0.25) is 4.79 Å². The predicted molar refractivity (Wildman–Crippen MR) is 90.1 cm³/mol. The first-order valence-corrected chi connectivity index (χ1v) is 8.42. The molecule has 0 aliphatic carbocycles. The van der Waals surface area contributed by atoms with E-state index in [0.717, 1.165) is 34.7 Å². The van der Waals surface area contributed by atoms with Crippen molar-refractivity contribution >= 4 is 17.7 Å². The summed E-state index contributed by atoms with van der Waals surface area (Å²) in [6.07, 6.45) is 1.99. The van der Waals surface area contributed by atoms with E-state index in [1.54, 1.807) is 11.8 Å². The van der Waals surface area contributed by atoms with Crippen LogP contribution in [0.2, 0.25) is 0 Å². The number of benzene rings is 2. The largest absolute Gasteiger partial charge is 0.337 e. The van der Waals surface area contributed by atoms with Gasteiger partial charge < -0.3 is 10.6 Å². The lowest BCUT2D eigenvalue weighted by atomic mass is 10.1. The molecule has 3 rings (SSSR count).